The maximum atomic E-state index is 13.6. The number of rotatable bonds is 5. The molecule has 0 radical (unpaired) electrons. The molecule has 226 valence electrons. The molecule has 14 nitrogen and oxygen atoms in total. The van der Waals surface area contributed by atoms with Crippen LogP contribution in [0.4, 0.5) is 10.5 Å². The third-order valence-corrected chi connectivity index (χ3v) is 8.96. The van der Waals surface area contributed by atoms with Crippen molar-refractivity contribution in [2.45, 2.75) is 36.5 Å². The number of aryl methyl sites for hydroxylation is 1. The number of benzene rings is 3. The molecule has 0 aliphatic carbocycles. The standard InChI is InChI=1S/C30H31N9O5/c1-16-10-11-17-6-5-9-19(20(17)12-16)25(41)34-22-14-39-27(32)33-21(24-29(39,30(22,43)44)36-26(31)35-24)13-38-23(40)15-37(28(38)42)18-7-3-2-4-8-18/h2-12,21-22,24,43-44H,13-15H2,1H3,(H2,32,33)(H,34,41)(H3,31,35,36)/p+1/t21-,22?,24-,29-/m0/s1. The molecule has 1 spiro atoms. The average Bonchev–Trinajstić information content (AvgIpc) is 3.58. The summed E-state index contributed by atoms with van der Waals surface area (Å²) in [5, 5.41) is 31.0. The lowest BCUT2D eigenvalue weighted by Gasteiger charge is -2.46. The predicted octanol–water partition coefficient (Wildman–Crippen LogP) is -2.53. The molecule has 7 rings (SSSR count). The van der Waals surface area contributed by atoms with Crippen LogP contribution in [0.2, 0.25) is 0 Å². The van der Waals surface area contributed by atoms with Crippen LogP contribution >= 0.6 is 0 Å². The number of hydrogen-bond donors (Lipinski definition) is 7. The van der Waals surface area contributed by atoms with E-state index in [0.29, 0.717) is 11.3 Å². The molecule has 14 heteroatoms. The highest BCUT2D eigenvalue weighted by molar-refractivity contribution is 6.12. The molecule has 0 aromatic heterocycles. The molecule has 44 heavy (non-hydrogen) atoms. The van der Waals surface area contributed by atoms with Gasteiger partial charge in [0.05, 0.1) is 13.1 Å². The van der Waals surface area contributed by atoms with Gasteiger partial charge in [-0.05, 0) is 35.9 Å². The number of nitrogens with one attached hydrogen (secondary N) is 3. The molecule has 4 aliphatic heterocycles. The van der Waals surface area contributed by atoms with Gasteiger partial charge < -0.3 is 21.3 Å². The number of carbonyl (C=O) groups excluding carboxylic acids is 3. The van der Waals surface area contributed by atoms with Crippen LogP contribution in [-0.4, -0.2) is 99.0 Å². The van der Waals surface area contributed by atoms with E-state index < -0.39 is 47.4 Å². The van der Waals surface area contributed by atoms with Crippen LogP contribution in [0.15, 0.2) is 71.7 Å². The fourth-order valence-corrected chi connectivity index (χ4v) is 6.86. The van der Waals surface area contributed by atoms with Crippen molar-refractivity contribution in [2.24, 2.45) is 16.5 Å². The fourth-order valence-electron chi connectivity index (χ4n) is 6.86. The minimum Gasteiger partial charge on any atom is -0.370 e. The lowest BCUT2D eigenvalue weighted by molar-refractivity contribution is -0.521. The first kappa shape index (κ1) is 27.6. The SMILES string of the molecule is Cc1ccc2cccc(C(=O)NC3CN4C(N)=N[C@@H](CN5C(=O)CN(c6ccccc6)C5=O)[C@@H]5[NH+]=C(N)N[C@@]54C3(O)O)c2c1. The number of aliphatic imine (C=N–C) groups is 1. The van der Waals surface area contributed by atoms with Crippen molar-refractivity contribution >= 4 is 46.2 Å². The first-order valence-corrected chi connectivity index (χ1v) is 14.2. The van der Waals surface area contributed by atoms with E-state index in [9.17, 15) is 24.6 Å². The van der Waals surface area contributed by atoms with Gasteiger partial charge in [0, 0.05) is 11.3 Å². The lowest BCUT2D eigenvalue weighted by Crippen LogP contribution is -2.90. The molecular weight excluding hydrogens is 566 g/mol. The highest BCUT2D eigenvalue weighted by atomic mass is 16.5. The van der Waals surface area contributed by atoms with E-state index in [4.69, 9.17) is 11.5 Å². The monoisotopic (exact) mass is 598 g/mol. The number of carbonyl (C=O) groups is 3. The van der Waals surface area contributed by atoms with Crippen molar-refractivity contribution in [3.05, 3.63) is 77.9 Å². The number of amides is 4. The van der Waals surface area contributed by atoms with Crippen molar-refractivity contribution < 1.29 is 29.6 Å². The average molecular weight is 599 g/mol. The Bertz CT molecular complexity index is 1780. The summed E-state index contributed by atoms with van der Waals surface area (Å²) in [6, 6.07) is 16.3. The maximum Gasteiger partial charge on any atom is 0.343 e. The third-order valence-electron chi connectivity index (χ3n) is 8.96. The Labute approximate surface area is 251 Å². The quantitative estimate of drug-likeness (QED) is 0.122. The highest BCUT2D eigenvalue weighted by Gasteiger charge is 2.76. The van der Waals surface area contributed by atoms with Gasteiger partial charge in [-0.3, -0.25) is 35.0 Å². The molecule has 0 bridgehead atoms. The topological polar surface area (TPSA) is 204 Å². The molecule has 1 unspecified atom stereocenters. The van der Waals surface area contributed by atoms with Crippen molar-refractivity contribution in [3.63, 3.8) is 0 Å². The first-order valence-electron chi connectivity index (χ1n) is 14.2. The normalized spacial score (nSPS) is 27.2. The molecule has 4 heterocycles. The van der Waals surface area contributed by atoms with Gasteiger partial charge in [-0.2, -0.15) is 0 Å². The van der Waals surface area contributed by atoms with E-state index in [0.717, 1.165) is 21.2 Å². The van der Waals surface area contributed by atoms with Gasteiger partial charge in [0.2, 0.25) is 5.79 Å². The zero-order valence-corrected chi connectivity index (χ0v) is 23.8. The van der Waals surface area contributed by atoms with E-state index in [1.54, 1.807) is 36.4 Å². The van der Waals surface area contributed by atoms with Gasteiger partial charge in [0.1, 0.15) is 18.6 Å². The van der Waals surface area contributed by atoms with Crippen molar-refractivity contribution in [1.29, 1.82) is 0 Å². The van der Waals surface area contributed by atoms with Crippen molar-refractivity contribution in [3.8, 4) is 0 Å². The summed E-state index contributed by atoms with van der Waals surface area (Å²) < 4.78 is 0. The zero-order chi connectivity index (χ0) is 31.0. The molecule has 2 saturated heterocycles. The van der Waals surface area contributed by atoms with Crippen LogP contribution in [0.25, 0.3) is 10.8 Å². The zero-order valence-electron chi connectivity index (χ0n) is 23.8. The molecule has 4 amide bonds. The molecular formula is C30H32N9O5+. The summed E-state index contributed by atoms with van der Waals surface area (Å²) in [6.07, 6.45) is 0. The van der Waals surface area contributed by atoms with Crippen LogP contribution in [0, 0.1) is 6.92 Å². The van der Waals surface area contributed by atoms with E-state index in [2.05, 4.69) is 20.6 Å². The van der Waals surface area contributed by atoms with Crippen LogP contribution in [0.3, 0.4) is 0 Å². The Morgan fingerprint density at radius 1 is 1.11 bits per heavy atom. The summed E-state index contributed by atoms with van der Waals surface area (Å²) in [4.78, 5) is 51.4. The van der Waals surface area contributed by atoms with E-state index in [1.807, 2.05) is 37.3 Å². The van der Waals surface area contributed by atoms with Gasteiger partial charge in [0.25, 0.3) is 17.5 Å². The number of aliphatic hydroxyl groups is 2. The Kier molecular flexibility index (Phi) is 6.06. The Morgan fingerprint density at radius 3 is 2.66 bits per heavy atom. The Morgan fingerprint density at radius 2 is 1.89 bits per heavy atom. The number of hydrogen-bond acceptors (Lipinski definition) is 10. The second-order valence-corrected chi connectivity index (χ2v) is 11.6. The number of urea groups is 1. The summed E-state index contributed by atoms with van der Waals surface area (Å²) in [7, 11) is 0. The summed E-state index contributed by atoms with van der Waals surface area (Å²) in [5.74, 6) is -3.64. The minimum atomic E-state index is -2.64. The number of nitrogens with two attached hydrogens (primary N) is 2. The van der Waals surface area contributed by atoms with Crippen LogP contribution in [-0.2, 0) is 4.79 Å². The van der Waals surface area contributed by atoms with Crippen LogP contribution in [0.1, 0.15) is 15.9 Å². The third kappa shape index (κ3) is 3.91. The molecule has 3 aromatic carbocycles. The van der Waals surface area contributed by atoms with Gasteiger partial charge in [-0.15, -0.1) is 0 Å². The molecule has 0 saturated carbocycles. The lowest BCUT2D eigenvalue weighted by atomic mass is 9.84. The number of guanidine groups is 2. The second-order valence-electron chi connectivity index (χ2n) is 11.6. The number of nitrogens with zero attached hydrogens (tertiary/aromatic N) is 4. The minimum absolute atomic E-state index is 0.0175. The Hall–Kier alpha value is -5.21. The van der Waals surface area contributed by atoms with Crippen LogP contribution in [0.5, 0.6) is 0 Å². The Balaban J connectivity index is 1.18. The maximum absolute atomic E-state index is 13.6. The van der Waals surface area contributed by atoms with Crippen molar-refractivity contribution in [2.75, 3.05) is 24.5 Å². The first-order chi connectivity index (χ1) is 21.0. The largest absolute Gasteiger partial charge is 0.370 e. The fraction of sp³-hybridized carbons (Fsp3) is 0.300. The summed E-state index contributed by atoms with van der Waals surface area (Å²) >= 11 is 0. The second kappa shape index (κ2) is 9.65. The smallest absolute Gasteiger partial charge is 0.343 e. The highest BCUT2D eigenvalue weighted by Crippen LogP contribution is 2.41. The number of fused-ring (bicyclic) bond motifs is 1. The summed E-state index contributed by atoms with van der Waals surface area (Å²) in [6.45, 7) is 1.46. The summed E-state index contributed by atoms with van der Waals surface area (Å²) in [5.41, 5.74) is 12.7. The van der Waals surface area contributed by atoms with Gasteiger partial charge in [-0.1, -0.05) is 54.1 Å². The van der Waals surface area contributed by atoms with Gasteiger partial charge in [0.15, 0.2) is 12.0 Å². The van der Waals surface area contributed by atoms with E-state index in [1.165, 1.54) is 9.80 Å². The van der Waals surface area contributed by atoms with E-state index >= 15 is 0 Å². The molecule has 2 fully saturated rings. The molecule has 4 aliphatic rings. The number of imide groups is 1. The molecule has 9 N–H and O–H groups in total. The van der Waals surface area contributed by atoms with Crippen LogP contribution < -0.4 is 32.0 Å². The van der Waals surface area contributed by atoms with Crippen molar-refractivity contribution in [1.82, 2.24) is 20.4 Å². The van der Waals surface area contributed by atoms with Gasteiger partial charge >= 0.3 is 12.0 Å². The number of para-hydroxylation sites is 1. The predicted molar refractivity (Wildman–Crippen MR) is 160 cm³/mol. The molecule has 4 atom stereocenters. The molecule has 3 aromatic rings. The van der Waals surface area contributed by atoms with E-state index in [-0.39, 0.29) is 31.6 Å². The number of anilines is 1. The van der Waals surface area contributed by atoms with Gasteiger partial charge in [-0.25, -0.2) is 15.1 Å².